The van der Waals surface area contributed by atoms with Crippen LogP contribution in [-0.2, 0) is 4.74 Å². The van der Waals surface area contributed by atoms with Crippen LogP contribution < -0.4 is 0 Å². The molecule has 3 nitrogen and oxygen atoms in total. The monoisotopic (exact) mass is 342 g/mol. The molecular weight excluding hydrogens is 315 g/mol. The first kappa shape index (κ1) is 18.0. The van der Waals surface area contributed by atoms with Crippen LogP contribution in [0.4, 0.5) is 4.39 Å². The van der Waals surface area contributed by atoms with Crippen molar-refractivity contribution in [2.75, 3.05) is 7.11 Å². The second-order valence-electron chi connectivity index (χ2n) is 7.02. The first-order valence-electron chi connectivity index (χ1n) is 9.32. The second-order valence-corrected chi connectivity index (χ2v) is 7.02. The van der Waals surface area contributed by atoms with Gasteiger partial charge in [-0.25, -0.2) is 14.4 Å². The Labute approximate surface area is 149 Å². The Morgan fingerprint density at radius 1 is 1.12 bits per heavy atom. The summed E-state index contributed by atoms with van der Waals surface area (Å²) in [5.74, 6) is 1.66. The van der Waals surface area contributed by atoms with Crippen LogP contribution in [-0.4, -0.2) is 17.1 Å². The van der Waals surface area contributed by atoms with Gasteiger partial charge in [0.1, 0.15) is 11.9 Å². The number of halogens is 1. The Morgan fingerprint density at radius 3 is 2.40 bits per heavy atom. The third-order valence-electron chi connectivity index (χ3n) is 5.36. The molecule has 2 aromatic rings. The molecule has 1 aliphatic carbocycles. The fourth-order valence-corrected chi connectivity index (χ4v) is 3.95. The quantitative estimate of drug-likeness (QED) is 0.702. The lowest BCUT2D eigenvalue weighted by Crippen LogP contribution is -2.15. The van der Waals surface area contributed by atoms with Gasteiger partial charge in [0.25, 0.3) is 0 Å². The van der Waals surface area contributed by atoms with E-state index in [2.05, 4.69) is 16.9 Å². The van der Waals surface area contributed by atoms with Gasteiger partial charge in [-0.05, 0) is 49.1 Å². The van der Waals surface area contributed by atoms with E-state index in [1.54, 1.807) is 25.3 Å². The molecule has 0 spiro atoms. The van der Waals surface area contributed by atoms with Gasteiger partial charge >= 0.3 is 0 Å². The van der Waals surface area contributed by atoms with Crippen LogP contribution in [0.25, 0.3) is 0 Å². The molecule has 1 aromatic carbocycles. The molecule has 1 saturated carbocycles. The Balaban J connectivity index is 1.71. The van der Waals surface area contributed by atoms with E-state index in [1.165, 1.54) is 50.2 Å². The summed E-state index contributed by atoms with van der Waals surface area (Å²) in [6.45, 7) is 2.26. The smallest absolute Gasteiger partial charge is 0.161 e. The van der Waals surface area contributed by atoms with E-state index >= 15 is 0 Å². The summed E-state index contributed by atoms with van der Waals surface area (Å²) in [4.78, 5) is 8.99. The summed E-state index contributed by atoms with van der Waals surface area (Å²) in [6.07, 6.45) is 10.9. The van der Waals surface area contributed by atoms with Gasteiger partial charge in [0.2, 0.25) is 0 Å². The third-order valence-corrected chi connectivity index (χ3v) is 5.36. The van der Waals surface area contributed by atoms with E-state index in [1.807, 2.05) is 12.4 Å². The largest absolute Gasteiger partial charge is 0.369 e. The Bertz CT molecular complexity index is 666. The van der Waals surface area contributed by atoms with E-state index in [0.717, 1.165) is 5.92 Å². The molecule has 0 N–H and O–H groups in total. The van der Waals surface area contributed by atoms with Crippen LogP contribution in [0.1, 0.15) is 74.4 Å². The Hall–Kier alpha value is -1.81. The first-order chi connectivity index (χ1) is 12.2. The minimum absolute atomic E-state index is 0.295. The SMILES string of the molecule is CCC[C@H]1CC[C@H](c2cnc(C(OC)c3ccccc3F)nc2)CC1. The molecule has 134 valence electrons. The highest BCUT2D eigenvalue weighted by molar-refractivity contribution is 5.25. The summed E-state index contributed by atoms with van der Waals surface area (Å²) >= 11 is 0. The van der Waals surface area contributed by atoms with Crippen molar-refractivity contribution in [3.05, 3.63) is 59.4 Å². The van der Waals surface area contributed by atoms with Gasteiger partial charge in [-0.3, -0.25) is 0 Å². The maximum Gasteiger partial charge on any atom is 0.161 e. The average molecular weight is 342 g/mol. The maximum atomic E-state index is 14.0. The Kier molecular flexibility index (Phi) is 6.14. The average Bonchev–Trinajstić information content (AvgIpc) is 2.65. The van der Waals surface area contributed by atoms with E-state index < -0.39 is 6.10 Å². The van der Waals surface area contributed by atoms with Crippen LogP contribution in [0, 0.1) is 11.7 Å². The van der Waals surface area contributed by atoms with E-state index in [9.17, 15) is 4.39 Å². The minimum Gasteiger partial charge on any atom is -0.369 e. The lowest BCUT2D eigenvalue weighted by atomic mass is 9.78. The molecule has 0 aliphatic heterocycles. The third kappa shape index (κ3) is 4.24. The molecule has 0 saturated heterocycles. The predicted molar refractivity (Wildman–Crippen MR) is 96.9 cm³/mol. The normalized spacial score (nSPS) is 21.9. The highest BCUT2D eigenvalue weighted by Gasteiger charge is 2.24. The van der Waals surface area contributed by atoms with Crippen LogP contribution in [0.15, 0.2) is 36.7 Å². The van der Waals surface area contributed by atoms with Crippen molar-refractivity contribution in [2.24, 2.45) is 5.92 Å². The zero-order valence-electron chi connectivity index (χ0n) is 15.1. The van der Waals surface area contributed by atoms with Gasteiger partial charge < -0.3 is 4.74 Å². The van der Waals surface area contributed by atoms with Gasteiger partial charge in [-0.2, -0.15) is 0 Å². The molecule has 1 heterocycles. The molecule has 1 unspecified atom stereocenters. The zero-order chi connectivity index (χ0) is 17.6. The molecule has 0 amide bonds. The van der Waals surface area contributed by atoms with Crippen molar-refractivity contribution >= 4 is 0 Å². The van der Waals surface area contributed by atoms with Crippen molar-refractivity contribution in [3.8, 4) is 0 Å². The summed E-state index contributed by atoms with van der Waals surface area (Å²) in [6, 6.07) is 6.62. The fraction of sp³-hybridized carbons (Fsp3) is 0.524. The number of benzene rings is 1. The molecule has 0 bridgehead atoms. The molecule has 3 rings (SSSR count). The summed E-state index contributed by atoms with van der Waals surface area (Å²) in [7, 11) is 1.56. The number of nitrogens with zero attached hydrogens (tertiary/aromatic N) is 2. The summed E-state index contributed by atoms with van der Waals surface area (Å²) in [5.41, 5.74) is 1.67. The molecule has 1 atom stereocenters. The molecular formula is C21H27FN2O. The summed E-state index contributed by atoms with van der Waals surface area (Å²) < 4.78 is 19.5. The zero-order valence-corrected chi connectivity index (χ0v) is 15.1. The molecule has 0 radical (unpaired) electrons. The van der Waals surface area contributed by atoms with Crippen molar-refractivity contribution in [1.29, 1.82) is 0 Å². The van der Waals surface area contributed by atoms with Gasteiger partial charge in [0, 0.05) is 25.1 Å². The summed E-state index contributed by atoms with van der Waals surface area (Å²) in [5, 5.41) is 0. The number of ether oxygens (including phenoxy) is 1. The van der Waals surface area contributed by atoms with E-state index in [4.69, 9.17) is 4.74 Å². The van der Waals surface area contributed by atoms with Gasteiger partial charge in [0.15, 0.2) is 5.82 Å². The standard InChI is InChI=1S/C21H27FN2O/c1-3-6-15-9-11-16(12-10-15)17-13-23-21(24-14-17)20(25-2)18-7-4-5-8-19(18)22/h4-5,7-8,13-16,20H,3,6,9-12H2,1-2H3/t15-,16-,20?. The molecule has 1 aromatic heterocycles. The number of rotatable bonds is 6. The minimum atomic E-state index is -0.574. The molecule has 4 heteroatoms. The highest BCUT2D eigenvalue weighted by Crippen LogP contribution is 2.37. The number of hydrogen-bond acceptors (Lipinski definition) is 3. The van der Waals surface area contributed by atoms with Crippen LogP contribution in [0.3, 0.4) is 0 Å². The van der Waals surface area contributed by atoms with Gasteiger partial charge in [0.05, 0.1) is 0 Å². The number of aromatic nitrogens is 2. The Morgan fingerprint density at radius 2 is 1.80 bits per heavy atom. The molecule has 25 heavy (non-hydrogen) atoms. The molecule has 1 aliphatic rings. The van der Waals surface area contributed by atoms with Crippen LogP contribution in [0.5, 0.6) is 0 Å². The predicted octanol–water partition coefficient (Wildman–Crippen LogP) is 5.43. The van der Waals surface area contributed by atoms with Crippen molar-refractivity contribution in [1.82, 2.24) is 9.97 Å². The highest BCUT2D eigenvalue weighted by atomic mass is 19.1. The topological polar surface area (TPSA) is 35.0 Å². The number of hydrogen-bond donors (Lipinski definition) is 0. The van der Waals surface area contributed by atoms with E-state index in [0.29, 0.717) is 17.3 Å². The van der Waals surface area contributed by atoms with Gasteiger partial charge in [-0.15, -0.1) is 0 Å². The van der Waals surface area contributed by atoms with Gasteiger partial charge in [-0.1, -0.05) is 38.0 Å². The maximum absolute atomic E-state index is 14.0. The van der Waals surface area contributed by atoms with Crippen molar-refractivity contribution in [2.45, 2.75) is 57.5 Å². The molecule has 1 fully saturated rings. The first-order valence-corrected chi connectivity index (χ1v) is 9.32. The lowest BCUT2D eigenvalue weighted by Gasteiger charge is -2.28. The second kappa shape index (κ2) is 8.52. The van der Waals surface area contributed by atoms with E-state index in [-0.39, 0.29) is 5.82 Å². The fourth-order valence-electron chi connectivity index (χ4n) is 3.95. The van der Waals surface area contributed by atoms with Crippen LogP contribution >= 0.6 is 0 Å². The number of methoxy groups -OCH3 is 1. The van der Waals surface area contributed by atoms with Crippen molar-refractivity contribution in [3.63, 3.8) is 0 Å². The lowest BCUT2D eigenvalue weighted by molar-refractivity contribution is 0.125. The van der Waals surface area contributed by atoms with Crippen LogP contribution in [0.2, 0.25) is 0 Å². The van der Waals surface area contributed by atoms with Crippen molar-refractivity contribution < 1.29 is 9.13 Å².